The molecule has 0 spiro atoms. The third-order valence-corrected chi connectivity index (χ3v) is 5.82. The first-order valence-electron chi connectivity index (χ1n) is 10.2. The summed E-state index contributed by atoms with van der Waals surface area (Å²) in [5, 5.41) is 3.81. The van der Waals surface area contributed by atoms with Crippen molar-refractivity contribution in [3.63, 3.8) is 0 Å². The molecule has 4 rings (SSSR count). The maximum atomic E-state index is 13.0. The smallest absolute Gasteiger partial charge is 0.342 e. The van der Waals surface area contributed by atoms with Gasteiger partial charge in [0.2, 0.25) is 17.7 Å². The highest BCUT2D eigenvalue weighted by Gasteiger charge is 2.39. The molecule has 0 bridgehead atoms. The molecule has 2 fully saturated rings. The summed E-state index contributed by atoms with van der Waals surface area (Å²) in [5.41, 5.74) is -0.360. The van der Waals surface area contributed by atoms with Gasteiger partial charge in [0.05, 0.1) is 17.4 Å². The number of rotatable bonds is 4. The van der Waals surface area contributed by atoms with Crippen LogP contribution in [0.2, 0.25) is 0 Å². The van der Waals surface area contributed by atoms with E-state index in [4.69, 9.17) is 4.52 Å². The normalized spacial score (nSPS) is 22.3. The van der Waals surface area contributed by atoms with E-state index in [0.717, 1.165) is 25.0 Å². The summed E-state index contributed by atoms with van der Waals surface area (Å²) in [6, 6.07) is 4.93. The number of halogens is 3. The fraction of sp³-hybridized carbons (Fsp3) is 0.524. The van der Waals surface area contributed by atoms with Crippen LogP contribution in [0.15, 0.2) is 28.8 Å². The second kappa shape index (κ2) is 8.32. The zero-order valence-electron chi connectivity index (χ0n) is 17.1. The molecule has 7 nitrogen and oxygen atoms in total. The van der Waals surface area contributed by atoms with Crippen molar-refractivity contribution in [2.75, 3.05) is 19.6 Å². The Morgan fingerprint density at radius 1 is 1.29 bits per heavy atom. The van der Waals surface area contributed by atoms with Gasteiger partial charge in [-0.3, -0.25) is 9.59 Å². The van der Waals surface area contributed by atoms with Crippen molar-refractivity contribution in [1.29, 1.82) is 0 Å². The number of aryl methyl sites for hydroxylation is 1. The first kappa shape index (κ1) is 21.3. The molecule has 0 saturated carbocycles. The van der Waals surface area contributed by atoms with Crippen LogP contribution < -0.4 is 0 Å². The number of carbonyl (C=O) groups is 2. The van der Waals surface area contributed by atoms with E-state index in [0.29, 0.717) is 30.4 Å². The monoisotopic (exact) mass is 436 g/mol. The van der Waals surface area contributed by atoms with Crippen molar-refractivity contribution in [1.82, 2.24) is 19.9 Å². The van der Waals surface area contributed by atoms with Crippen molar-refractivity contribution in [3.05, 3.63) is 47.1 Å². The molecule has 3 heterocycles. The molecule has 2 unspecified atom stereocenters. The molecular weight excluding hydrogens is 413 g/mol. The van der Waals surface area contributed by atoms with E-state index in [2.05, 4.69) is 10.1 Å². The second-order valence-electron chi connectivity index (χ2n) is 8.18. The fourth-order valence-corrected chi connectivity index (χ4v) is 4.27. The summed E-state index contributed by atoms with van der Waals surface area (Å²) >= 11 is 0. The first-order chi connectivity index (χ1) is 14.7. The van der Waals surface area contributed by atoms with Gasteiger partial charge in [-0.15, -0.1) is 0 Å². The minimum absolute atomic E-state index is 0.0304. The number of likely N-dealkylation sites (tertiary alicyclic amines) is 2. The first-order valence-corrected chi connectivity index (χ1v) is 10.2. The van der Waals surface area contributed by atoms with Crippen molar-refractivity contribution in [2.45, 2.75) is 44.8 Å². The number of piperidine rings is 1. The van der Waals surface area contributed by atoms with Crippen molar-refractivity contribution >= 4 is 11.8 Å². The Labute approximate surface area is 177 Å². The van der Waals surface area contributed by atoms with Crippen LogP contribution in [-0.4, -0.2) is 51.4 Å². The molecule has 0 N–H and O–H groups in total. The van der Waals surface area contributed by atoms with Crippen LogP contribution in [0.5, 0.6) is 0 Å². The van der Waals surface area contributed by atoms with Gasteiger partial charge in [0, 0.05) is 32.6 Å². The highest BCUT2D eigenvalue weighted by Crippen LogP contribution is 2.31. The van der Waals surface area contributed by atoms with Gasteiger partial charge < -0.3 is 14.3 Å². The molecule has 31 heavy (non-hydrogen) atoms. The Balaban J connectivity index is 1.39. The highest BCUT2D eigenvalue weighted by molar-refractivity contribution is 5.89. The van der Waals surface area contributed by atoms with Crippen LogP contribution in [0.25, 0.3) is 0 Å². The molecule has 10 heteroatoms. The molecule has 2 aliphatic heterocycles. The number of aromatic nitrogens is 2. The van der Waals surface area contributed by atoms with Crippen LogP contribution in [0.1, 0.15) is 48.0 Å². The third-order valence-electron chi connectivity index (χ3n) is 5.82. The number of hydrogen-bond acceptors (Lipinski definition) is 5. The van der Waals surface area contributed by atoms with Crippen LogP contribution in [0.4, 0.5) is 13.2 Å². The average Bonchev–Trinajstić information content (AvgIpc) is 3.33. The van der Waals surface area contributed by atoms with E-state index in [1.807, 2.05) is 0 Å². The van der Waals surface area contributed by atoms with Gasteiger partial charge >= 0.3 is 6.18 Å². The maximum absolute atomic E-state index is 13.0. The van der Waals surface area contributed by atoms with Crippen molar-refractivity contribution < 1.29 is 27.3 Å². The Morgan fingerprint density at radius 3 is 2.81 bits per heavy atom. The second-order valence-corrected chi connectivity index (χ2v) is 8.18. The average molecular weight is 436 g/mol. The Hall–Kier alpha value is -2.91. The molecule has 0 aliphatic carbocycles. The summed E-state index contributed by atoms with van der Waals surface area (Å²) in [4.78, 5) is 32.9. The maximum Gasteiger partial charge on any atom is 0.416 e. The minimum atomic E-state index is -4.44. The molecule has 2 aromatic rings. The summed E-state index contributed by atoms with van der Waals surface area (Å²) in [6.07, 6.45) is -2.73. The van der Waals surface area contributed by atoms with Crippen LogP contribution in [0, 0.1) is 12.8 Å². The number of nitrogens with zero attached hydrogens (tertiary/aromatic N) is 4. The lowest BCUT2D eigenvalue weighted by atomic mass is 9.96. The van der Waals surface area contributed by atoms with Gasteiger partial charge in [-0.05, 0) is 37.5 Å². The lowest BCUT2D eigenvalue weighted by Crippen LogP contribution is -2.43. The Bertz CT molecular complexity index is 975. The lowest BCUT2D eigenvalue weighted by molar-refractivity contribution is -0.138. The molecule has 2 aliphatic rings. The Kier molecular flexibility index (Phi) is 5.72. The molecule has 166 valence electrons. The third kappa shape index (κ3) is 4.72. The highest BCUT2D eigenvalue weighted by atomic mass is 19.4. The summed E-state index contributed by atoms with van der Waals surface area (Å²) < 4.78 is 44.1. The van der Waals surface area contributed by atoms with Gasteiger partial charge in [-0.25, -0.2) is 0 Å². The molecular formula is C21H23F3N4O3. The molecule has 2 saturated heterocycles. The van der Waals surface area contributed by atoms with Gasteiger partial charge in [0.1, 0.15) is 0 Å². The topological polar surface area (TPSA) is 79.5 Å². The van der Waals surface area contributed by atoms with Gasteiger partial charge in [-0.1, -0.05) is 17.3 Å². The minimum Gasteiger partial charge on any atom is -0.342 e. The standard InChI is InChI=1S/C21H23F3N4O3/c1-13-25-19(31-26-13)15-5-3-7-27(11-15)20(30)16-9-18(29)28(12-16)10-14-4-2-6-17(8-14)21(22,23)24/h2,4,6,8,15-16H,3,5,7,9-12H2,1H3. The van der Waals surface area contributed by atoms with E-state index in [-0.39, 0.29) is 37.2 Å². The predicted molar refractivity (Wildman–Crippen MR) is 103 cm³/mol. The van der Waals surface area contributed by atoms with Crippen molar-refractivity contribution in [2.24, 2.45) is 5.92 Å². The lowest BCUT2D eigenvalue weighted by Gasteiger charge is -2.32. The van der Waals surface area contributed by atoms with E-state index in [9.17, 15) is 22.8 Å². The number of benzene rings is 1. The number of hydrogen-bond donors (Lipinski definition) is 0. The number of carbonyl (C=O) groups excluding carboxylic acids is 2. The van der Waals surface area contributed by atoms with Crippen LogP contribution in [0.3, 0.4) is 0 Å². The van der Waals surface area contributed by atoms with E-state index < -0.39 is 17.7 Å². The molecule has 0 radical (unpaired) electrons. The van der Waals surface area contributed by atoms with E-state index in [1.54, 1.807) is 17.9 Å². The SMILES string of the molecule is Cc1noc(C2CCCN(C(=O)C3CC(=O)N(Cc4cccc(C(F)(F)F)c4)C3)C2)n1. The van der Waals surface area contributed by atoms with Crippen molar-refractivity contribution in [3.8, 4) is 0 Å². The van der Waals surface area contributed by atoms with Gasteiger partial charge in [-0.2, -0.15) is 18.2 Å². The molecule has 2 amide bonds. The van der Waals surface area contributed by atoms with Gasteiger partial charge in [0.15, 0.2) is 5.82 Å². The summed E-state index contributed by atoms with van der Waals surface area (Å²) in [7, 11) is 0. The molecule has 1 aromatic heterocycles. The zero-order chi connectivity index (χ0) is 22.2. The summed E-state index contributed by atoms with van der Waals surface area (Å²) in [6.45, 7) is 3.05. The zero-order valence-corrected chi connectivity index (χ0v) is 17.1. The largest absolute Gasteiger partial charge is 0.416 e. The van der Waals surface area contributed by atoms with Crippen LogP contribution >= 0.6 is 0 Å². The van der Waals surface area contributed by atoms with E-state index >= 15 is 0 Å². The number of alkyl halides is 3. The van der Waals surface area contributed by atoms with Gasteiger partial charge in [0.25, 0.3) is 0 Å². The van der Waals surface area contributed by atoms with Crippen LogP contribution in [-0.2, 0) is 22.3 Å². The predicted octanol–water partition coefficient (Wildman–Crippen LogP) is 3.15. The molecule has 2 atom stereocenters. The summed E-state index contributed by atoms with van der Waals surface area (Å²) in [5.74, 6) is 0.199. The van der Waals surface area contributed by atoms with E-state index in [1.165, 1.54) is 11.0 Å². The Morgan fingerprint density at radius 2 is 2.10 bits per heavy atom. The number of amides is 2. The fourth-order valence-electron chi connectivity index (χ4n) is 4.27. The molecule has 1 aromatic carbocycles. The quantitative estimate of drug-likeness (QED) is 0.736.